The molecule has 1 heterocycles. The Labute approximate surface area is 169 Å². The number of amides is 1. The highest BCUT2D eigenvalue weighted by Gasteiger charge is 2.12. The van der Waals surface area contributed by atoms with Gasteiger partial charge in [-0.3, -0.25) is 4.79 Å². The summed E-state index contributed by atoms with van der Waals surface area (Å²) < 4.78 is 5.51. The second-order valence-electron chi connectivity index (χ2n) is 6.75. The molecule has 0 bridgehead atoms. The maximum absolute atomic E-state index is 12.5. The highest BCUT2D eigenvalue weighted by Crippen LogP contribution is 2.23. The van der Waals surface area contributed by atoms with Crippen LogP contribution in [0.25, 0.3) is 11.0 Å². The zero-order valence-electron chi connectivity index (χ0n) is 16.7. The molecule has 0 radical (unpaired) electrons. The molecule has 7 heteroatoms. The average molecular weight is 399 g/mol. The van der Waals surface area contributed by atoms with Gasteiger partial charge in [0, 0.05) is 39.4 Å². The minimum absolute atomic E-state index is 0.0668. The smallest absolute Gasteiger partial charge is 0.233 e. The Bertz CT molecular complexity index is 937. The number of carbonyl (C=O) groups excluding carboxylic acids is 1. The van der Waals surface area contributed by atoms with Crippen LogP contribution in [0.5, 0.6) is 5.75 Å². The molecule has 3 rings (SSSR count). The zero-order valence-corrected chi connectivity index (χ0v) is 17.5. The van der Waals surface area contributed by atoms with Gasteiger partial charge >= 0.3 is 0 Å². The number of thioether (sulfide) groups is 1. The van der Waals surface area contributed by atoms with E-state index < -0.39 is 0 Å². The molecule has 0 saturated carbocycles. The lowest BCUT2D eigenvalue weighted by molar-refractivity contribution is -0.127. The molecule has 1 amide bonds. The molecule has 0 unspecified atom stereocenters. The van der Waals surface area contributed by atoms with Gasteiger partial charge in [0.25, 0.3) is 0 Å². The van der Waals surface area contributed by atoms with E-state index in [1.54, 1.807) is 4.90 Å². The standard InChI is InChI=1S/C21H26N4O2S/c1-5-27-17-10-11-18-19(12-17)23-21(22-18)28-14-20(26)25(4)13-15-6-8-16(9-7-15)24(2)3/h6-12H,5,13-14H2,1-4H3,(H,22,23). The van der Waals surface area contributed by atoms with Crippen molar-refractivity contribution in [3.05, 3.63) is 48.0 Å². The van der Waals surface area contributed by atoms with Gasteiger partial charge in [-0.2, -0.15) is 0 Å². The SMILES string of the molecule is CCOc1ccc2nc(SCC(=O)N(C)Cc3ccc(N(C)C)cc3)[nH]c2c1. The van der Waals surface area contributed by atoms with E-state index in [-0.39, 0.29) is 5.91 Å². The Kier molecular flexibility index (Phi) is 6.46. The number of anilines is 1. The van der Waals surface area contributed by atoms with Crippen LogP contribution in [0, 0.1) is 0 Å². The molecule has 2 aromatic carbocycles. The van der Waals surface area contributed by atoms with Crippen molar-refractivity contribution in [2.24, 2.45) is 0 Å². The predicted molar refractivity (Wildman–Crippen MR) is 115 cm³/mol. The summed E-state index contributed by atoms with van der Waals surface area (Å²) in [6.07, 6.45) is 0. The van der Waals surface area contributed by atoms with Crippen molar-refractivity contribution in [3.63, 3.8) is 0 Å². The van der Waals surface area contributed by atoms with Gasteiger partial charge < -0.3 is 19.5 Å². The number of ether oxygens (including phenoxy) is 1. The molecule has 148 valence electrons. The van der Waals surface area contributed by atoms with E-state index in [4.69, 9.17) is 4.74 Å². The maximum atomic E-state index is 12.5. The number of H-pyrrole nitrogens is 1. The van der Waals surface area contributed by atoms with Gasteiger partial charge in [-0.15, -0.1) is 0 Å². The van der Waals surface area contributed by atoms with E-state index in [0.717, 1.165) is 33.2 Å². The number of hydrogen-bond acceptors (Lipinski definition) is 5. The van der Waals surface area contributed by atoms with Gasteiger partial charge in [-0.25, -0.2) is 4.98 Å². The number of nitrogens with one attached hydrogen (secondary N) is 1. The average Bonchev–Trinajstić information content (AvgIpc) is 3.09. The van der Waals surface area contributed by atoms with E-state index in [1.165, 1.54) is 11.8 Å². The van der Waals surface area contributed by atoms with Gasteiger partial charge in [-0.1, -0.05) is 23.9 Å². The summed E-state index contributed by atoms with van der Waals surface area (Å²) in [5.41, 5.74) is 4.03. The van der Waals surface area contributed by atoms with Crippen LogP contribution in [0.15, 0.2) is 47.6 Å². The number of aromatic nitrogens is 2. The van der Waals surface area contributed by atoms with Crippen molar-refractivity contribution in [1.82, 2.24) is 14.9 Å². The number of nitrogens with zero attached hydrogens (tertiary/aromatic N) is 3. The van der Waals surface area contributed by atoms with E-state index in [0.29, 0.717) is 18.9 Å². The first-order valence-electron chi connectivity index (χ1n) is 9.22. The van der Waals surface area contributed by atoms with E-state index in [2.05, 4.69) is 39.1 Å². The van der Waals surface area contributed by atoms with Crippen molar-refractivity contribution in [1.29, 1.82) is 0 Å². The number of aromatic amines is 1. The molecule has 3 aromatic rings. The molecule has 1 N–H and O–H groups in total. The Morgan fingerprint density at radius 3 is 2.57 bits per heavy atom. The molecular formula is C21H26N4O2S. The van der Waals surface area contributed by atoms with Crippen LogP contribution in [0.4, 0.5) is 5.69 Å². The van der Waals surface area contributed by atoms with Crippen LogP contribution in [-0.4, -0.2) is 54.3 Å². The summed E-state index contributed by atoms with van der Waals surface area (Å²) in [6.45, 7) is 3.17. The minimum Gasteiger partial charge on any atom is -0.494 e. The monoisotopic (exact) mass is 398 g/mol. The predicted octanol–water partition coefficient (Wildman–Crippen LogP) is 3.78. The number of hydrogen-bond donors (Lipinski definition) is 1. The van der Waals surface area contributed by atoms with Crippen LogP contribution in [0.2, 0.25) is 0 Å². The molecule has 0 spiro atoms. The summed E-state index contributed by atoms with van der Waals surface area (Å²) >= 11 is 1.41. The molecule has 6 nitrogen and oxygen atoms in total. The van der Waals surface area contributed by atoms with E-state index in [1.807, 2.05) is 46.3 Å². The molecule has 0 aliphatic carbocycles. The topological polar surface area (TPSA) is 61.5 Å². The van der Waals surface area contributed by atoms with E-state index >= 15 is 0 Å². The first kappa shape index (κ1) is 20.1. The fourth-order valence-corrected chi connectivity index (χ4v) is 3.62. The first-order chi connectivity index (χ1) is 13.5. The Morgan fingerprint density at radius 1 is 1.14 bits per heavy atom. The lowest BCUT2D eigenvalue weighted by Gasteiger charge is -2.18. The molecule has 28 heavy (non-hydrogen) atoms. The van der Waals surface area contributed by atoms with Gasteiger partial charge in [0.1, 0.15) is 5.75 Å². The van der Waals surface area contributed by atoms with Crippen molar-refractivity contribution in [2.75, 3.05) is 38.4 Å². The van der Waals surface area contributed by atoms with Crippen LogP contribution >= 0.6 is 11.8 Å². The normalized spacial score (nSPS) is 10.9. The number of imidazole rings is 1. The number of rotatable bonds is 8. The van der Waals surface area contributed by atoms with Crippen LogP contribution < -0.4 is 9.64 Å². The van der Waals surface area contributed by atoms with Crippen molar-refractivity contribution in [3.8, 4) is 5.75 Å². The fourth-order valence-electron chi connectivity index (χ4n) is 2.79. The molecule has 0 aliphatic heterocycles. The van der Waals surface area contributed by atoms with Crippen LogP contribution in [0.3, 0.4) is 0 Å². The third-order valence-corrected chi connectivity index (χ3v) is 5.23. The largest absolute Gasteiger partial charge is 0.494 e. The molecular weight excluding hydrogens is 372 g/mol. The fraction of sp³-hybridized carbons (Fsp3) is 0.333. The quantitative estimate of drug-likeness (QED) is 0.585. The second kappa shape index (κ2) is 9.01. The molecule has 1 aromatic heterocycles. The summed E-state index contributed by atoms with van der Waals surface area (Å²) in [6, 6.07) is 14.0. The number of carbonyl (C=O) groups is 1. The molecule has 0 fully saturated rings. The molecule has 0 aliphatic rings. The Hall–Kier alpha value is -2.67. The lowest BCUT2D eigenvalue weighted by atomic mass is 10.2. The highest BCUT2D eigenvalue weighted by atomic mass is 32.2. The zero-order chi connectivity index (χ0) is 20.1. The van der Waals surface area contributed by atoms with Gasteiger partial charge in [0.15, 0.2) is 5.16 Å². The minimum atomic E-state index is 0.0668. The van der Waals surface area contributed by atoms with Crippen LogP contribution in [0.1, 0.15) is 12.5 Å². The maximum Gasteiger partial charge on any atom is 0.233 e. The number of benzene rings is 2. The summed E-state index contributed by atoms with van der Waals surface area (Å²) in [5.74, 6) is 1.22. The third kappa shape index (κ3) is 4.98. The van der Waals surface area contributed by atoms with Crippen LogP contribution in [-0.2, 0) is 11.3 Å². The number of fused-ring (bicyclic) bond motifs is 1. The van der Waals surface area contributed by atoms with Gasteiger partial charge in [-0.05, 0) is 36.8 Å². The van der Waals surface area contributed by atoms with E-state index in [9.17, 15) is 4.79 Å². The van der Waals surface area contributed by atoms with Gasteiger partial charge in [0.05, 0.1) is 23.4 Å². The first-order valence-corrected chi connectivity index (χ1v) is 10.2. The van der Waals surface area contributed by atoms with Crippen molar-refractivity contribution < 1.29 is 9.53 Å². The van der Waals surface area contributed by atoms with Gasteiger partial charge in [0.2, 0.25) is 5.91 Å². The summed E-state index contributed by atoms with van der Waals surface area (Å²) in [7, 11) is 5.85. The van der Waals surface area contributed by atoms with Crippen molar-refractivity contribution in [2.45, 2.75) is 18.6 Å². The Morgan fingerprint density at radius 2 is 1.89 bits per heavy atom. The lowest BCUT2D eigenvalue weighted by Crippen LogP contribution is -2.27. The molecule has 0 saturated heterocycles. The second-order valence-corrected chi connectivity index (χ2v) is 7.72. The highest BCUT2D eigenvalue weighted by molar-refractivity contribution is 7.99. The summed E-state index contributed by atoms with van der Waals surface area (Å²) in [5, 5.41) is 0.737. The Balaban J connectivity index is 1.56. The third-order valence-electron chi connectivity index (χ3n) is 4.37. The summed E-state index contributed by atoms with van der Waals surface area (Å²) in [4.78, 5) is 24.1. The molecule has 0 atom stereocenters. The van der Waals surface area contributed by atoms with Crippen molar-refractivity contribution >= 4 is 34.4 Å².